The number of likely N-dealkylation sites (N-methyl/N-ethyl adjacent to an activating group) is 1. The lowest BCUT2D eigenvalue weighted by Gasteiger charge is -2.52. The molecular formula is C16H32N2. The van der Waals surface area contributed by atoms with Crippen molar-refractivity contribution in [2.24, 2.45) is 11.1 Å². The van der Waals surface area contributed by atoms with E-state index < -0.39 is 0 Å². The topological polar surface area (TPSA) is 29.3 Å². The average Bonchev–Trinajstić information content (AvgIpc) is 2.81. The van der Waals surface area contributed by atoms with E-state index in [1.807, 2.05) is 0 Å². The Morgan fingerprint density at radius 2 is 1.56 bits per heavy atom. The van der Waals surface area contributed by atoms with E-state index in [9.17, 15) is 0 Å². The second kappa shape index (κ2) is 5.50. The fourth-order valence-corrected chi connectivity index (χ4v) is 4.73. The predicted octanol–water partition coefficient (Wildman–Crippen LogP) is 3.55. The quantitative estimate of drug-likeness (QED) is 0.829. The molecule has 2 saturated carbocycles. The number of nitrogens with two attached hydrogens (primary N) is 1. The zero-order valence-corrected chi connectivity index (χ0v) is 12.7. The molecule has 0 aromatic heterocycles. The molecular weight excluding hydrogens is 220 g/mol. The van der Waals surface area contributed by atoms with Crippen LogP contribution in [0, 0.1) is 5.41 Å². The van der Waals surface area contributed by atoms with E-state index >= 15 is 0 Å². The van der Waals surface area contributed by atoms with Gasteiger partial charge >= 0.3 is 0 Å². The fourth-order valence-electron chi connectivity index (χ4n) is 4.73. The van der Waals surface area contributed by atoms with E-state index in [2.05, 4.69) is 25.7 Å². The highest BCUT2D eigenvalue weighted by molar-refractivity contribution is 5.01. The van der Waals surface area contributed by atoms with Crippen molar-refractivity contribution in [1.82, 2.24) is 4.90 Å². The minimum absolute atomic E-state index is 0.302. The van der Waals surface area contributed by atoms with Gasteiger partial charge in [0.2, 0.25) is 0 Å². The van der Waals surface area contributed by atoms with Gasteiger partial charge in [0.05, 0.1) is 0 Å². The Labute approximate surface area is 113 Å². The van der Waals surface area contributed by atoms with Gasteiger partial charge in [-0.15, -0.1) is 0 Å². The molecule has 0 radical (unpaired) electrons. The van der Waals surface area contributed by atoms with Crippen molar-refractivity contribution in [1.29, 1.82) is 0 Å². The van der Waals surface area contributed by atoms with Crippen LogP contribution in [-0.2, 0) is 0 Å². The highest BCUT2D eigenvalue weighted by Gasteiger charge is 2.46. The van der Waals surface area contributed by atoms with Crippen molar-refractivity contribution in [3.63, 3.8) is 0 Å². The van der Waals surface area contributed by atoms with Crippen LogP contribution < -0.4 is 5.73 Å². The van der Waals surface area contributed by atoms with Crippen LogP contribution in [0.4, 0.5) is 0 Å². The number of nitrogens with zero attached hydrogens (tertiary/aromatic N) is 1. The van der Waals surface area contributed by atoms with Gasteiger partial charge in [-0.25, -0.2) is 0 Å². The molecule has 0 saturated heterocycles. The van der Waals surface area contributed by atoms with Gasteiger partial charge in [0.25, 0.3) is 0 Å². The standard InChI is InChI=1S/C16H32N2/c1-4-18(14(2)3)16(13-17)11-9-15(10-12-16)7-5-6-8-15/h14H,4-13,17H2,1-3H3. The molecule has 1 spiro atoms. The van der Waals surface area contributed by atoms with Crippen LogP contribution >= 0.6 is 0 Å². The van der Waals surface area contributed by atoms with Crippen molar-refractivity contribution >= 4 is 0 Å². The molecule has 0 aromatic rings. The normalized spacial score (nSPS) is 26.3. The van der Waals surface area contributed by atoms with E-state index in [0.717, 1.165) is 18.5 Å². The first-order valence-corrected chi connectivity index (χ1v) is 8.04. The maximum atomic E-state index is 6.20. The first-order valence-electron chi connectivity index (χ1n) is 8.04. The molecule has 0 bridgehead atoms. The lowest BCUT2D eigenvalue weighted by molar-refractivity contribution is -0.00190. The summed E-state index contributed by atoms with van der Waals surface area (Å²) in [4.78, 5) is 2.66. The minimum atomic E-state index is 0.302. The molecule has 0 aromatic carbocycles. The van der Waals surface area contributed by atoms with Gasteiger partial charge in [0.1, 0.15) is 0 Å². The van der Waals surface area contributed by atoms with Crippen molar-refractivity contribution in [3.05, 3.63) is 0 Å². The van der Waals surface area contributed by atoms with E-state index in [-0.39, 0.29) is 0 Å². The van der Waals surface area contributed by atoms with Gasteiger partial charge in [0, 0.05) is 18.1 Å². The van der Waals surface area contributed by atoms with E-state index in [0.29, 0.717) is 11.6 Å². The summed E-state index contributed by atoms with van der Waals surface area (Å²) in [6.07, 6.45) is 11.4. The molecule has 2 nitrogen and oxygen atoms in total. The molecule has 2 fully saturated rings. The monoisotopic (exact) mass is 252 g/mol. The van der Waals surface area contributed by atoms with E-state index in [1.54, 1.807) is 0 Å². The lowest BCUT2D eigenvalue weighted by Crippen LogP contribution is -2.58. The summed E-state index contributed by atoms with van der Waals surface area (Å²) in [6, 6.07) is 0.621. The van der Waals surface area contributed by atoms with Gasteiger partial charge < -0.3 is 5.73 Å². The average molecular weight is 252 g/mol. The van der Waals surface area contributed by atoms with Gasteiger partial charge in [-0.2, -0.15) is 0 Å². The smallest absolute Gasteiger partial charge is 0.0334 e. The zero-order valence-electron chi connectivity index (χ0n) is 12.7. The number of hydrogen-bond donors (Lipinski definition) is 1. The molecule has 2 heteroatoms. The molecule has 0 amide bonds. The van der Waals surface area contributed by atoms with Crippen LogP contribution in [0.25, 0.3) is 0 Å². The Morgan fingerprint density at radius 1 is 1.00 bits per heavy atom. The van der Waals surface area contributed by atoms with Crippen molar-refractivity contribution in [2.45, 2.75) is 83.7 Å². The first-order chi connectivity index (χ1) is 8.57. The fraction of sp³-hybridized carbons (Fsp3) is 1.00. The zero-order chi connectivity index (χ0) is 13.2. The first kappa shape index (κ1) is 14.3. The molecule has 2 rings (SSSR count). The molecule has 18 heavy (non-hydrogen) atoms. The third-order valence-electron chi connectivity index (χ3n) is 5.86. The summed E-state index contributed by atoms with van der Waals surface area (Å²) in [7, 11) is 0. The van der Waals surface area contributed by atoms with E-state index in [1.165, 1.54) is 51.4 Å². The summed E-state index contributed by atoms with van der Waals surface area (Å²) >= 11 is 0. The van der Waals surface area contributed by atoms with Crippen LogP contribution in [0.15, 0.2) is 0 Å². The summed E-state index contributed by atoms with van der Waals surface area (Å²) in [5.41, 5.74) is 7.22. The molecule has 2 aliphatic carbocycles. The minimum Gasteiger partial charge on any atom is -0.329 e. The highest BCUT2D eigenvalue weighted by Crippen LogP contribution is 2.52. The Bertz CT molecular complexity index is 256. The van der Waals surface area contributed by atoms with E-state index in [4.69, 9.17) is 5.73 Å². The van der Waals surface area contributed by atoms with Crippen LogP contribution in [0.5, 0.6) is 0 Å². The van der Waals surface area contributed by atoms with Crippen LogP contribution in [0.3, 0.4) is 0 Å². The maximum Gasteiger partial charge on any atom is 0.0334 e. The molecule has 0 heterocycles. The third-order valence-corrected chi connectivity index (χ3v) is 5.86. The molecule has 2 aliphatic rings. The third kappa shape index (κ3) is 2.46. The molecule has 106 valence electrons. The molecule has 0 atom stereocenters. The van der Waals surface area contributed by atoms with Crippen molar-refractivity contribution in [2.75, 3.05) is 13.1 Å². The Hall–Kier alpha value is -0.0800. The van der Waals surface area contributed by atoms with Crippen LogP contribution in [0.1, 0.15) is 72.1 Å². The number of hydrogen-bond acceptors (Lipinski definition) is 2. The summed E-state index contributed by atoms with van der Waals surface area (Å²) < 4.78 is 0. The van der Waals surface area contributed by atoms with Crippen molar-refractivity contribution in [3.8, 4) is 0 Å². The van der Waals surface area contributed by atoms with Gasteiger partial charge in [-0.05, 0) is 64.3 Å². The number of rotatable bonds is 4. The van der Waals surface area contributed by atoms with Crippen LogP contribution in [0.2, 0.25) is 0 Å². The van der Waals surface area contributed by atoms with Gasteiger partial charge in [-0.1, -0.05) is 19.8 Å². The summed E-state index contributed by atoms with van der Waals surface area (Å²) in [6.45, 7) is 8.91. The molecule has 0 aliphatic heterocycles. The largest absolute Gasteiger partial charge is 0.329 e. The van der Waals surface area contributed by atoms with Gasteiger partial charge in [0.15, 0.2) is 0 Å². The highest BCUT2D eigenvalue weighted by atomic mass is 15.2. The second-order valence-corrected chi connectivity index (χ2v) is 7.02. The molecule has 2 N–H and O–H groups in total. The van der Waals surface area contributed by atoms with Gasteiger partial charge in [-0.3, -0.25) is 4.90 Å². The Kier molecular flexibility index (Phi) is 4.38. The van der Waals surface area contributed by atoms with Crippen LogP contribution in [-0.4, -0.2) is 29.6 Å². The SMILES string of the molecule is CCN(C(C)C)C1(CN)CCC2(CCCC2)CC1. The summed E-state index contributed by atoms with van der Waals surface area (Å²) in [5, 5.41) is 0. The second-order valence-electron chi connectivity index (χ2n) is 7.02. The molecule has 0 unspecified atom stereocenters. The lowest BCUT2D eigenvalue weighted by atomic mass is 9.65. The Morgan fingerprint density at radius 3 is 1.94 bits per heavy atom. The summed E-state index contributed by atoms with van der Waals surface area (Å²) in [5.74, 6) is 0. The Balaban J connectivity index is 2.07. The van der Waals surface area contributed by atoms with Crippen molar-refractivity contribution < 1.29 is 0 Å². The maximum absolute atomic E-state index is 6.20. The predicted molar refractivity (Wildman–Crippen MR) is 78.7 cm³/mol.